The van der Waals surface area contributed by atoms with Crippen LogP contribution in [0.25, 0.3) is 0 Å². The van der Waals surface area contributed by atoms with Crippen LogP contribution in [0, 0.1) is 5.92 Å². The summed E-state index contributed by atoms with van der Waals surface area (Å²) in [6.45, 7) is 5.16. The molecule has 0 spiro atoms. The van der Waals surface area contributed by atoms with Crippen molar-refractivity contribution in [2.45, 2.75) is 39.0 Å². The van der Waals surface area contributed by atoms with Gasteiger partial charge in [0.2, 0.25) is 0 Å². The second kappa shape index (κ2) is 6.18. The first kappa shape index (κ1) is 13.4. The molecule has 0 radical (unpaired) electrons. The van der Waals surface area contributed by atoms with Crippen LogP contribution >= 0.6 is 0 Å². The number of likely N-dealkylation sites (tertiary alicyclic amines) is 1. The Morgan fingerprint density at radius 3 is 2.69 bits per heavy atom. The summed E-state index contributed by atoms with van der Waals surface area (Å²) < 4.78 is 4.86. The number of ether oxygens (including phenoxy) is 1. The monoisotopic (exact) mass is 231 g/mol. The Morgan fingerprint density at radius 1 is 1.44 bits per heavy atom. The molecule has 1 heterocycles. The Balaban J connectivity index is 2.53. The maximum atomic E-state index is 11.5. The summed E-state index contributed by atoms with van der Waals surface area (Å²) in [5.41, 5.74) is 0. The van der Waals surface area contributed by atoms with E-state index in [-0.39, 0.29) is 0 Å². The van der Waals surface area contributed by atoms with E-state index in [0.717, 1.165) is 12.8 Å². The summed E-state index contributed by atoms with van der Waals surface area (Å²) in [4.78, 5) is 13.2. The summed E-state index contributed by atoms with van der Waals surface area (Å²) in [5.74, 6) is -1.04. The number of aliphatic hydroxyl groups excluding tert-OH is 2. The first-order valence-electron chi connectivity index (χ1n) is 5.88. The standard InChI is InChI=1S/C11H21NO4/c1-3-5-6-12-7-8(9(13)10(12)14)11(15)16-4-2/h8-10,13-14H,3-7H2,1-2H3. The minimum atomic E-state index is -1.03. The van der Waals surface area contributed by atoms with Gasteiger partial charge in [0.1, 0.15) is 12.3 Å². The van der Waals surface area contributed by atoms with Crippen molar-refractivity contribution in [2.75, 3.05) is 19.7 Å². The highest BCUT2D eigenvalue weighted by atomic mass is 16.5. The van der Waals surface area contributed by atoms with Crippen LogP contribution in [-0.4, -0.2) is 53.1 Å². The van der Waals surface area contributed by atoms with Crippen LogP contribution in [-0.2, 0) is 9.53 Å². The molecule has 16 heavy (non-hydrogen) atoms. The van der Waals surface area contributed by atoms with E-state index in [4.69, 9.17) is 4.74 Å². The number of aliphatic hydroxyl groups is 2. The van der Waals surface area contributed by atoms with Crippen LogP contribution in [0.5, 0.6) is 0 Å². The summed E-state index contributed by atoms with van der Waals surface area (Å²) in [7, 11) is 0. The third-order valence-corrected chi connectivity index (χ3v) is 2.91. The molecule has 5 heteroatoms. The lowest BCUT2D eigenvalue weighted by Gasteiger charge is -2.20. The van der Waals surface area contributed by atoms with E-state index in [2.05, 4.69) is 6.92 Å². The minimum Gasteiger partial charge on any atom is -0.466 e. The van der Waals surface area contributed by atoms with Crippen molar-refractivity contribution in [3.8, 4) is 0 Å². The summed E-state index contributed by atoms with van der Waals surface area (Å²) in [6, 6.07) is 0. The zero-order chi connectivity index (χ0) is 12.1. The van der Waals surface area contributed by atoms with Gasteiger partial charge in [-0.05, 0) is 13.3 Å². The fourth-order valence-electron chi connectivity index (χ4n) is 1.94. The number of carbonyl (C=O) groups excluding carboxylic acids is 1. The Labute approximate surface area is 96.0 Å². The lowest BCUT2D eigenvalue weighted by Crippen LogP contribution is -2.36. The minimum absolute atomic E-state index is 0.299. The second-order valence-corrected chi connectivity index (χ2v) is 4.11. The third-order valence-electron chi connectivity index (χ3n) is 2.91. The third kappa shape index (κ3) is 2.93. The van der Waals surface area contributed by atoms with Gasteiger partial charge in [-0.2, -0.15) is 0 Å². The van der Waals surface area contributed by atoms with E-state index >= 15 is 0 Å². The molecule has 1 rings (SSSR count). The number of hydrogen-bond acceptors (Lipinski definition) is 5. The van der Waals surface area contributed by atoms with Crippen LogP contribution in [0.2, 0.25) is 0 Å². The molecule has 0 aliphatic carbocycles. The Morgan fingerprint density at radius 2 is 2.12 bits per heavy atom. The molecule has 3 unspecified atom stereocenters. The van der Waals surface area contributed by atoms with Crippen molar-refractivity contribution >= 4 is 5.97 Å². The molecule has 3 atom stereocenters. The van der Waals surface area contributed by atoms with E-state index < -0.39 is 24.2 Å². The summed E-state index contributed by atoms with van der Waals surface area (Å²) >= 11 is 0. The Bertz CT molecular complexity index is 234. The Hall–Kier alpha value is -0.650. The maximum absolute atomic E-state index is 11.5. The van der Waals surface area contributed by atoms with Crippen LogP contribution in [0.1, 0.15) is 26.7 Å². The fourth-order valence-corrected chi connectivity index (χ4v) is 1.94. The van der Waals surface area contributed by atoms with Gasteiger partial charge in [0, 0.05) is 13.1 Å². The highest BCUT2D eigenvalue weighted by molar-refractivity contribution is 5.74. The normalized spacial score (nSPS) is 30.6. The highest BCUT2D eigenvalue weighted by Gasteiger charge is 2.43. The molecule has 1 aliphatic heterocycles. The van der Waals surface area contributed by atoms with E-state index in [1.807, 2.05) is 0 Å². The predicted octanol–water partition coefficient (Wildman–Crippen LogP) is -0.0393. The number of hydrogen-bond donors (Lipinski definition) is 2. The molecule has 0 saturated carbocycles. The van der Waals surface area contributed by atoms with Crippen molar-refractivity contribution in [3.05, 3.63) is 0 Å². The number of rotatable bonds is 5. The molecule has 2 N–H and O–H groups in total. The smallest absolute Gasteiger partial charge is 0.313 e. The van der Waals surface area contributed by atoms with Gasteiger partial charge in [0.25, 0.3) is 0 Å². The lowest BCUT2D eigenvalue weighted by atomic mass is 10.1. The second-order valence-electron chi connectivity index (χ2n) is 4.11. The lowest BCUT2D eigenvalue weighted by molar-refractivity contribution is -0.151. The Kier molecular flexibility index (Phi) is 5.18. The summed E-state index contributed by atoms with van der Waals surface area (Å²) in [6.07, 6.45) is -0.0141. The van der Waals surface area contributed by atoms with Gasteiger partial charge >= 0.3 is 5.97 Å². The van der Waals surface area contributed by atoms with E-state index in [0.29, 0.717) is 19.7 Å². The van der Waals surface area contributed by atoms with Gasteiger partial charge in [-0.1, -0.05) is 13.3 Å². The van der Waals surface area contributed by atoms with Crippen molar-refractivity contribution < 1.29 is 19.7 Å². The number of esters is 1. The number of unbranched alkanes of at least 4 members (excludes halogenated alkanes) is 1. The quantitative estimate of drug-likeness (QED) is 0.650. The first-order chi connectivity index (χ1) is 7.61. The van der Waals surface area contributed by atoms with Crippen LogP contribution < -0.4 is 0 Å². The zero-order valence-corrected chi connectivity index (χ0v) is 9.93. The average Bonchev–Trinajstić information content (AvgIpc) is 2.54. The van der Waals surface area contributed by atoms with E-state index in [1.165, 1.54) is 0 Å². The van der Waals surface area contributed by atoms with Gasteiger partial charge in [0.15, 0.2) is 0 Å². The molecule has 1 fully saturated rings. The highest BCUT2D eigenvalue weighted by Crippen LogP contribution is 2.23. The molecule has 0 aromatic carbocycles. The fraction of sp³-hybridized carbons (Fsp3) is 0.909. The van der Waals surface area contributed by atoms with Crippen LogP contribution in [0.4, 0.5) is 0 Å². The molecule has 1 aliphatic rings. The first-order valence-corrected chi connectivity index (χ1v) is 5.88. The molecule has 0 amide bonds. The molecule has 0 aromatic rings. The summed E-state index contributed by atoms with van der Waals surface area (Å²) in [5, 5.41) is 19.5. The topological polar surface area (TPSA) is 70.0 Å². The van der Waals surface area contributed by atoms with Crippen molar-refractivity contribution in [1.29, 1.82) is 0 Å². The molecule has 94 valence electrons. The zero-order valence-electron chi connectivity index (χ0n) is 9.93. The largest absolute Gasteiger partial charge is 0.466 e. The van der Waals surface area contributed by atoms with Crippen molar-refractivity contribution in [3.63, 3.8) is 0 Å². The van der Waals surface area contributed by atoms with Crippen molar-refractivity contribution in [1.82, 2.24) is 4.90 Å². The molecule has 5 nitrogen and oxygen atoms in total. The molecule has 1 saturated heterocycles. The van der Waals surface area contributed by atoms with Gasteiger partial charge in [-0.15, -0.1) is 0 Å². The SMILES string of the molecule is CCCCN1CC(C(=O)OCC)C(O)C1O. The number of carbonyl (C=O) groups is 1. The number of nitrogens with zero attached hydrogens (tertiary/aromatic N) is 1. The molecular weight excluding hydrogens is 210 g/mol. The van der Waals surface area contributed by atoms with Crippen molar-refractivity contribution in [2.24, 2.45) is 5.92 Å². The van der Waals surface area contributed by atoms with E-state index in [9.17, 15) is 15.0 Å². The van der Waals surface area contributed by atoms with Crippen LogP contribution in [0.15, 0.2) is 0 Å². The molecular formula is C11H21NO4. The molecule has 0 bridgehead atoms. The van der Waals surface area contributed by atoms with Gasteiger partial charge in [0.05, 0.1) is 12.5 Å². The van der Waals surface area contributed by atoms with Gasteiger partial charge in [-0.25, -0.2) is 0 Å². The average molecular weight is 231 g/mol. The van der Waals surface area contributed by atoms with Crippen LogP contribution in [0.3, 0.4) is 0 Å². The predicted molar refractivity (Wildman–Crippen MR) is 58.6 cm³/mol. The van der Waals surface area contributed by atoms with E-state index in [1.54, 1.807) is 11.8 Å². The molecule has 0 aromatic heterocycles. The van der Waals surface area contributed by atoms with Gasteiger partial charge < -0.3 is 14.9 Å². The maximum Gasteiger partial charge on any atom is 0.313 e. The van der Waals surface area contributed by atoms with Gasteiger partial charge in [-0.3, -0.25) is 9.69 Å².